The lowest BCUT2D eigenvalue weighted by Crippen LogP contribution is -2.31. The third-order valence-electron chi connectivity index (χ3n) is 6.62. The first-order valence-corrected chi connectivity index (χ1v) is 14.3. The molecule has 0 saturated carbocycles. The molecule has 1 amide bonds. The first-order valence-electron chi connectivity index (χ1n) is 13.3. The lowest BCUT2D eigenvalue weighted by atomic mass is 10.0. The molecule has 1 aliphatic heterocycles. The molecule has 0 unspecified atom stereocenters. The number of benzene rings is 3. The minimum absolute atomic E-state index is 0.0130. The van der Waals surface area contributed by atoms with Crippen LogP contribution in [0.15, 0.2) is 77.7 Å². The molecular formula is C31H35NO7S. The Kier molecular flexibility index (Phi) is 11.0. The Morgan fingerprint density at radius 1 is 0.950 bits per heavy atom. The van der Waals surface area contributed by atoms with Crippen molar-refractivity contribution in [3.8, 4) is 5.75 Å². The van der Waals surface area contributed by atoms with E-state index < -0.39 is 12.3 Å². The standard InChI is InChI=1S/C31H35NO7S/c1-37-26-6-2-3-7-28(26)40-20-25-18-27(22-12-10-21(19-33)11-13-22)39-31(38-25)23-14-16-24(17-15-23)32-29(34)8-4-5-9-30(35)36/h2-3,6-7,10-17,25,27,31,33H,4-5,8-9,18-20H2,1H3,(H,32,34)(H,35,36)/t25-,27+,31+/m1/s1. The number of hydrogen-bond donors (Lipinski definition) is 3. The van der Waals surface area contributed by atoms with Crippen LogP contribution < -0.4 is 10.1 Å². The molecule has 3 atom stereocenters. The van der Waals surface area contributed by atoms with Gasteiger partial charge < -0.3 is 29.7 Å². The van der Waals surface area contributed by atoms with Crippen molar-refractivity contribution in [1.29, 1.82) is 0 Å². The molecule has 1 heterocycles. The van der Waals surface area contributed by atoms with Crippen molar-refractivity contribution in [2.45, 2.75) is 62.1 Å². The predicted molar refractivity (Wildman–Crippen MR) is 153 cm³/mol. The Labute approximate surface area is 238 Å². The van der Waals surface area contributed by atoms with Gasteiger partial charge in [0.15, 0.2) is 6.29 Å². The van der Waals surface area contributed by atoms with Crippen molar-refractivity contribution in [1.82, 2.24) is 0 Å². The van der Waals surface area contributed by atoms with Gasteiger partial charge in [-0.25, -0.2) is 0 Å². The summed E-state index contributed by atoms with van der Waals surface area (Å²) >= 11 is 1.68. The molecule has 8 nitrogen and oxygen atoms in total. The minimum Gasteiger partial charge on any atom is -0.496 e. The lowest BCUT2D eigenvalue weighted by molar-refractivity contribution is -0.245. The molecule has 9 heteroatoms. The Bertz CT molecular complexity index is 1250. The smallest absolute Gasteiger partial charge is 0.303 e. The molecular weight excluding hydrogens is 530 g/mol. The SMILES string of the molecule is COc1ccccc1SC[C@H]1C[C@@H](c2ccc(CO)cc2)O[C@@H](c2ccc(NC(=O)CCCCC(=O)O)cc2)O1. The van der Waals surface area contributed by atoms with Crippen molar-refractivity contribution >= 4 is 29.3 Å². The summed E-state index contributed by atoms with van der Waals surface area (Å²) in [4.78, 5) is 23.9. The molecule has 1 aliphatic rings. The van der Waals surface area contributed by atoms with Crippen LogP contribution in [0.1, 0.15) is 61.2 Å². The number of thioether (sulfide) groups is 1. The van der Waals surface area contributed by atoms with Crippen LogP contribution in [0.2, 0.25) is 0 Å². The van der Waals surface area contributed by atoms with Crippen LogP contribution in [0.5, 0.6) is 5.75 Å². The molecule has 0 radical (unpaired) electrons. The van der Waals surface area contributed by atoms with E-state index in [2.05, 4.69) is 5.32 Å². The van der Waals surface area contributed by atoms with Crippen molar-refractivity contribution in [3.05, 3.63) is 89.5 Å². The van der Waals surface area contributed by atoms with E-state index in [9.17, 15) is 14.7 Å². The molecule has 3 aromatic rings. The topological polar surface area (TPSA) is 114 Å². The number of unbranched alkanes of at least 4 members (excludes halogenated alkanes) is 1. The van der Waals surface area contributed by atoms with Gasteiger partial charge in [0.25, 0.3) is 0 Å². The third-order valence-corrected chi connectivity index (χ3v) is 7.81. The summed E-state index contributed by atoms with van der Waals surface area (Å²) in [7, 11) is 1.66. The van der Waals surface area contributed by atoms with E-state index >= 15 is 0 Å². The largest absolute Gasteiger partial charge is 0.496 e. The first kappa shape index (κ1) is 29.6. The fourth-order valence-corrected chi connectivity index (χ4v) is 5.50. The quantitative estimate of drug-likeness (QED) is 0.168. The normalized spacial score (nSPS) is 18.7. The Morgan fingerprint density at radius 2 is 1.65 bits per heavy atom. The number of hydrogen-bond acceptors (Lipinski definition) is 7. The van der Waals surface area contributed by atoms with Crippen LogP contribution in [0.25, 0.3) is 0 Å². The number of aliphatic hydroxyl groups excluding tert-OH is 1. The number of aliphatic hydroxyl groups is 1. The average molecular weight is 566 g/mol. The lowest BCUT2D eigenvalue weighted by Gasteiger charge is -2.36. The van der Waals surface area contributed by atoms with Gasteiger partial charge in [0.05, 0.1) is 25.9 Å². The van der Waals surface area contributed by atoms with Crippen LogP contribution in [0, 0.1) is 0 Å². The van der Waals surface area contributed by atoms with Gasteiger partial charge in [0.2, 0.25) is 5.91 Å². The van der Waals surface area contributed by atoms with Crippen LogP contribution in [0.3, 0.4) is 0 Å². The number of carbonyl (C=O) groups excluding carboxylic acids is 1. The number of nitrogens with one attached hydrogen (secondary N) is 1. The average Bonchev–Trinajstić information content (AvgIpc) is 2.98. The number of methoxy groups -OCH3 is 1. The molecule has 3 aromatic carbocycles. The van der Waals surface area contributed by atoms with Crippen LogP contribution in [-0.4, -0.2) is 41.1 Å². The number of ether oxygens (including phenoxy) is 3. The molecule has 0 bridgehead atoms. The summed E-state index contributed by atoms with van der Waals surface area (Å²) in [6.07, 6.45) is 1.11. The number of carboxylic acid groups (broad SMARTS) is 1. The molecule has 4 rings (SSSR count). The van der Waals surface area contributed by atoms with E-state index in [0.717, 1.165) is 27.3 Å². The van der Waals surface area contributed by atoms with Gasteiger partial charge >= 0.3 is 5.97 Å². The number of anilines is 1. The second-order valence-electron chi connectivity index (χ2n) is 9.58. The maximum atomic E-state index is 12.2. The van der Waals surface area contributed by atoms with Crippen molar-refractivity contribution in [3.63, 3.8) is 0 Å². The van der Waals surface area contributed by atoms with Crippen molar-refractivity contribution in [2.24, 2.45) is 0 Å². The van der Waals surface area contributed by atoms with E-state index in [1.807, 2.05) is 72.8 Å². The highest BCUT2D eigenvalue weighted by molar-refractivity contribution is 7.99. The zero-order chi connectivity index (χ0) is 28.3. The van der Waals surface area contributed by atoms with Gasteiger partial charge in [-0.2, -0.15) is 0 Å². The van der Waals surface area contributed by atoms with E-state index in [1.54, 1.807) is 18.9 Å². The van der Waals surface area contributed by atoms with Gasteiger partial charge in [-0.05, 0) is 48.2 Å². The highest BCUT2D eigenvalue weighted by Gasteiger charge is 2.32. The number of amides is 1. The molecule has 1 saturated heterocycles. The minimum atomic E-state index is -0.854. The van der Waals surface area contributed by atoms with Crippen LogP contribution in [-0.2, 0) is 25.7 Å². The number of para-hydroxylation sites is 1. The summed E-state index contributed by atoms with van der Waals surface area (Å²) in [5.74, 6) is 0.532. The zero-order valence-corrected chi connectivity index (χ0v) is 23.3. The fraction of sp³-hybridized carbons (Fsp3) is 0.355. The van der Waals surface area contributed by atoms with E-state index in [0.29, 0.717) is 30.7 Å². The fourth-order valence-electron chi connectivity index (χ4n) is 4.45. The van der Waals surface area contributed by atoms with E-state index in [1.165, 1.54) is 0 Å². The molecule has 3 N–H and O–H groups in total. The number of carboxylic acids is 1. The number of rotatable bonds is 13. The second-order valence-corrected chi connectivity index (χ2v) is 10.6. The third kappa shape index (κ3) is 8.56. The van der Waals surface area contributed by atoms with Gasteiger partial charge in [0, 0.05) is 41.2 Å². The zero-order valence-electron chi connectivity index (χ0n) is 22.5. The second kappa shape index (κ2) is 14.9. The van der Waals surface area contributed by atoms with Gasteiger partial charge in [0.1, 0.15) is 5.75 Å². The maximum absolute atomic E-state index is 12.2. The molecule has 0 aromatic heterocycles. The predicted octanol–water partition coefficient (Wildman–Crippen LogP) is 6.11. The monoisotopic (exact) mass is 565 g/mol. The number of aliphatic carboxylic acids is 1. The summed E-state index contributed by atoms with van der Waals surface area (Å²) in [6, 6.07) is 23.1. The Balaban J connectivity index is 1.43. The Morgan fingerprint density at radius 3 is 2.35 bits per heavy atom. The number of carbonyl (C=O) groups is 2. The summed E-state index contributed by atoms with van der Waals surface area (Å²) in [5.41, 5.74) is 3.35. The van der Waals surface area contributed by atoms with Gasteiger partial charge in [-0.3, -0.25) is 9.59 Å². The molecule has 40 heavy (non-hydrogen) atoms. The maximum Gasteiger partial charge on any atom is 0.303 e. The molecule has 0 aliphatic carbocycles. The molecule has 212 valence electrons. The van der Waals surface area contributed by atoms with E-state index in [-0.39, 0.29) is 37.6 Å². The Hall–Kier alpha value is -3.37. The highest BCUT2D eigenvalue weighted by Crippen LogP contribution is 2.40. The van der Waals surface area contributed by atoms with Gasteiger partial charge in [-0.15, -0.1) is 11.8 Å². The van der Waals surface area contributed by atoms with Crippen molar-refractivity contribution in [2.75, 3.05) is 18.2 Å². The summed E-state index contributed by atoms with van der Waals surface area (Å²) in [5, 5.41) is 21.0. The highest BCUT2D eigenvalue weighted by atomic mass is 32.2. The first-order chi connectivity index (χ1) is 19.4. The van der Waals surface area contributed by atoms with Gasteiger partial charge in [-0.1, -0.05) is 48.5 Å². The van der Waals surface area contributed by atoms with Crippen LogP contribution >= 0.6 is 11.8 Å². The van der Waals surface area contributed by atoms with Crippen LogP contribution in [0.4, 0.5) is 5.69 Å². The van der Waals surface area contributed by atoms with Crippen molar-refractivity contribution < 1.29 is 34.0 Å². The molecule has 0 spiro atoms. The summed E-state index contributed by atoms with van der Waals surface area (Å²) < 4.78 is 18.3. The molecule has 1 fully saturated rings. The summed E-state index contributed by atoms with van der Waals surface area (Å²) in [6.45, 7) is -0.0130. The van der Waals surface area contributed by atoms with E-state index in [4.69, 9.17) is 19.3 Å².